The molecule has 0 saturated carbocycles. The van der Waals surface area contributed by atoms with Gasteiger partial charge in [0.15, 0.2) is 0 Å². The molecule has 0 aromatic carbocycles. The zero-order valence-electron chi connectivity index (χ0n) is 7.60. The molecule has 0 atom stereocenters. The second kappa shape index (κ2) is 3.67. The Morgan fingerprint density at radius 3 is 2.64 bits per heavy atom. The van der Waals surface area contributed by atoms with Gasteiger partial charge in [-0.1, -0.05) is 0 Å². The topological polar surface area (TPSA) is 42.9 Å². The molecule has 0 aliphatic rings. The Labute approximate surface area is 85.5 Å². The molecule has 2 rings (SSSR count). The van der Waals surface area contributed by atoms with Crippen molar-refractivity contribution in [2.75, 3.05) is 0 Å². The van der Waals surface area contributed by atoms with Crippen LogP contribution in [0.1, 0.15) is 21.1 Å². The molecule has 2 aromatic heterocycles. The smallest absolute Gasteiger partial charge is 0.231 e. The highest BCUT2D eigenvalue weighted by atomic mass is 32.1. The number of hydrogen-bond acceptors (Lipinski definition) is 4. The van der Waals surface area contributed by atoms with Crippen LogP contribution in [0, 0.1) is 6.92 Å². The first-order chi connectivity index (χ1) is 6.79. The van der Waals surface area contributed by atoms with Gasteiger partial charge < -0.3 is 0 Å². The van der Waals surface area contributed by atoms with Crippen LogP contribution in [0.3, 0.4) is 0 Å². The first kappa shape index (κ1) is 9.02. The van der Waals surface area contributed by atoms with Gasteiger partial charge in [-0.3, -0.25) is 4.79 Å². The van der Waals surface area contributed by atoms with Crippen molar-refractivity contribution in [3.63, 3.8) is 0 Å². The number of thiophene rings is 1. The largest absolute Gasteiger partial charge is 0.285 e. The number of carbonyl (C=O) groups excluding carboxylic acids is 1. The van der Waals surface area contributed by atoms with E-state index in [1.54, 1.807) is 35.9 Å². The molecule has 0 aliphatic carbocycles. The van der Waals surface area contributed by atoms with Gasteiger partial charge in [0.1, 0.15) is 0 Å². The van der Waals surface area contributed by atoms with Gasteiger partial charge >= 0.3 is 0 Å². The number of rotatable bonds is 2. The predicted octanol–water partition coefficient (Wildman–Crippen LogP) is 2.08. The molecule has 0 aliphatic heterocycles. The predicted molar refractivity (Wildman–Crippen MR) is 54.5 cm³/mol. The highest BCUT2D eigenvalue weighted by Gasteiger charge is 2.14. The van der Waals surface area contributed by atoms with E-state index in [-0.39, 0.29) is 11.6 Å². The fraction of sp³-hybridized carbons (Fsp3) is 0.100. The molecule has 0 N–H and O–H groups in total. The van der Waals surface area contributed by atoms with Gasteiger partial charge in [-0.05, 0) is 24.4 Å². The third-order valence-electron chi connectivity index (χ3n) is 1.87. The maximum atomic E-state index is 11.8. The monoisotopic (exact) mass is 204 g/mol. The van der Waals surface area contributed by atoms with Crippen molar-refractivity contribution in [2.24, 2.45) is 0 Å². The van der Waals surface area contributed by atoms with Gasteiger partial charge in [-0.2, -0.15) is 0 Å². The van der Waals surface area contributed by atoms with E-state index in [2.05, 4.69) is 9.97 Å². The molecular weight excluding hydrogens is 196 g/mol. The summed E-state index contributed by atoms with van der Waals surface area (Å²) < 4.78 is 0. The minimum atomic E-state index is -0.107. The number of hydrogen-bond donors (Lipinski definition) is 0. The van der Waals surface area contributed by atoms with E-state index in [1.165, 1.54) is 0 Å². The maximum absolute atomic E-state index is 11.8. The molecule has 0 bridgehead atoms. The molecule has 2 aromatic rings. The number of carbonyl (C=O) groups is 1. The Balaban J connectivity index is 2.39. The Morgan fingerprint density at radius 2 is 2.07 bits per heavy atom. The molecular formula is C10H8N2OS. The van der Waals surface area contributed by atoms with Crippen molar-refractivity contribution in [1.29, 1.82) is 0 Å². The molecule has 14 heavy (non-hydrogen) atoms. The number of nitrogens with zero attached hydrogens (tertiary/aromatic N) is 2. The van der Waals surface area contributed by atoms with E-state index in [0.717, 1.165) is 4.88 Å². The summed E-state index contributed by atoms with van der Waals surface area (Å²) in [4.78, 5) is 20.7. The van der Waals surface area contributed by atoms with Gasteiger partial charge in [0.2, 0.25) is 11.6 Å². The fourth-order valence-electron chi connectivity index (χ4n) is 1.16. The summed E-state index contributed by atoms with van der Waals surface area (Å²) in [7, 11) is 0. The second-order valence-electron chi connectivity index (χ2n) is 2.79. The van der Waals surface area contributed by atoms with Crippen LogP contribution in [-0.4, -0.2) is 15.8 Å². The average Bonchev–Trinajstić information content (AvgIpc) is 2.65. The van der Waals surface area contributed by atoms with Crippen LogP contribution in [0.25, 0.3) is 0 Å². The number of aryl methyl sites for hydroxylation is 1. The first-order valence-electron chi connectivity index (χ1n) is 4.15. The summed E-state index contributed by atoms with van der Waals surface area (Å²) in [6.07, 6.45) is 3.14. The van der Waals surface area contributed by atoms with Gasteiger partial charge in [0.05, 0.1) is 0 Å². The van der Waals surface area contributed by atoms with Gasteiger partial charge in [-0.25, -0.2) is 9.97 Å². The minimum absolute atomic E-state index is 0.107. The summed E-state index contributed by atoms with van der Waals surface area (Å²) in [5, 5.41) is 1.89. The van der Waals surface area contributed by atoms with E-state index < -0.39 is 0 Å². The van der Waals surface area contributed by atoms with E-state index in [1.807, 2.05) is 12.3 Å². The van der Waals surface area contributed by atoms with E-state index >= 15 is 0 Å². The van der Waals surface area contributed by atoms with Gasteiger partial charge in [0, 0.05) is 22.8 Å². The summed E-state index contributed by atoms with van der Waals surface area (Å²) in [5.74, 6) is 0.151. The fourth-order valence-corrected chi connectivity index (χ4v) is 1.85. The zero-order valence-corrected chi connectivity index (χ0v) is 8.41. The van der Waals surface area contributed by atoms with Gasteiger partial charge in [-0.15, -0.1) is 11.3 Å². The van der Waals surface area contributed by atoms with Crippen molar-refractivity contribution < 1.29 is 4.79 Å². The molecule has 0 amide bonds. The molecule has 2 heterocycles. The summed E-state index contributed by atoms with van der Waals surface area (Å²) in [6, 6.07) is 3.50. The van der Waals surface area contributed by atoms with Crippen molar-refractivity contribution in [2.45, 2.75) is 6.92 Å². The van der Waals surface area contributed by atoms with Crippen LogP contribution < -0.4 is 0 Å². The Kier molecular flexibility index (Phi) is 2.37. The van der Waals surface area contributed by atoms with Crippen molar-refractivity contribution in [3.8, 4) is 0 Å². The summed E-state index contributed by atoms with van der Waals surface area (Å²) >= 11 is 1.55. The normalized spacial score (nSPS) is 10.1. The highest BCUT2D eigenvalue weighted by Crippen LogP contribution is 2.17. The molecule has 3 nitrogen and oxygen atoms in total. The summed E-state index contributed by atoms with van der Waals surface area (Å²) in [5.41, 5.74) is 0.696. The van der Waals surface area contributed by atoms with Crippen LogP contribution in [0.4, 0.5) is 0 Å². The standard InChI is InChI=1S/C10H8N2OS/c1-7-8(3-6-14-7)9(13)10-11-4-2-5-12-10/h2-6H,1H3. The second-order valence-corrected chi connectivity index (χ2v) is 3.91. The molecule has 0 unspecified atom stereocenters. The summed E-state index contributed by atoms with van der Waals surface area (Å²) in [6.45, 7) is 1.92. The van der Waals surface area contributed by atoms with Crippen molar-refractivity contribution in [1.82, 2.24) is 9.97 Å². The number of aromatic nitrogens is 2. The van der Waals surface area contributed by atoms with Crippen LogP contribution in [-0.2, 0) is 0 Å². The molecule has 0 saturated heterocycles. The highest BCUT2D eigenvalue weighted by molar-refractivity contribution is 7.10. The maximum Gasteiger partial charge on any atom is 0.231 e. The lowest BCUT2D eigenvalue weighted by molar-refractivity contribution is 0.102. The number of ketones is 1. The van der Waals surface area contributed by atoms with E-state index in [0.29, 0.717) is 5.56 Å². The van der Waals surface area contributed by atoms with E-state index in [9.17, 15) is 4.79 Å². The quantitative estimate of drug-likeness (QED) is 0.703. The first-order valence-corrected chi connectivity index (χ1v) is 5.03. The lowest BCUT2D eigenvalue weighted by Gasteiger charge is -1.96. The van der Waals surface area contributed by atoms with Crippen molar-refractivity contribution >= 4 is 17.1 Å². The van der Waals surface area contributed by atoms with Crippen LogP contribution in [0.5, 0.6) is 0 Å². The van der Waals surface area contributed by atoms with Crippen LogP contribution in [0.2, 0.25) is 0 Å². The Hall–Kier alpha value is -1.55. The third kappa shape index (κ3) is 1.56. The SMILES string of the molecule is Cc1sccc1C(=O)c1ncccn1. The van der Waals surface area contributed by atoms with E-state index in [4.69, 9.17) is 0 Å². The average molecular weight is 204 g/mol. The molecule has 4 heteroatoms. The zero-order chi connectivity index (χ0) is 9.97. The Bertz CT molecular complexity index is 450. The van der Waals surface area contributed by atoms with Crippen molar-refractivity contribution in [3.05, 3.63) is 46.2 Å². The minimum Gasteiger partial charge on any atom is -0.285 e. The molecule has 0 spiro atoms. The molecule has 70 valence electrons. The van der Waals surface area contributed by atoms with Crippen LogP contribution >= 0.6 is 11.3 Å². The lowest BCUT2D eigenvalue weighted by atomic mass is 10.1. The molecule has 0 fully saturated rings. The molecule has 0 radical (unpaired) electrons. The van der Waals surface area contributed by atoms with Crippen LogP contribution in [0.15, 0.2) is 29.9 Å². The lowest BCUT2D eigenvalue weighted by Crippen LogP contribution is -2.06. The Morgan fingerprint density at radius 1 is 1.36 bits per heavy atom. The van der Waals surface area contributed by atoms with Gasteiger partial charge in [0.25, 0.3) is 0 Å². The third-order valence-corrected chi connectivity index (χ3v) is 2.72.